The Bertz CT molecular complexity index is 1050. The number of rotatable bonds is 7. The van der Waals surface area contributed by atoms with Gasteiger partial charge in [-0.1, -0.05) is 55.8 Å². The predicted molar refractivity (Wildman–Crippen MR) is 112 cm³/mol. The van der Waals surface area contributed by atoms with Crippen molar-refractivity contribution in [1.82, 2.24) is 15.0 Å². The summed E-state index contributed by atoms with van der Waals surface area (Å²) in [5, 5.41) is 10.9. The molecule has 0 saturated carbocycles. The summed E-state index contributed by atoms with van der Waals surface area (Å²) in [6.45, 7) is 6.27. The molecule has 1 aromatic heterocycles. The Morgan fingerprint density at radius 2 is 1.79 bits per heavy atom. The van der Waals surface area contributed by atoms with Gasteiger partial charge in [0.25, 0.3) is 10.0 Å². The van der Waals surface area contributed by atoms with Crippen LogP contribution in [0, 0.1) is 12.8 Å². The first kappa shape index (κ1) is 19.8. The number of H-pyrrole nitrogens is 1. The van der Waals surface area contributed by atoms with Crippen LogP contribution < -0.4 is 4.83 Å². The largest absolute Gasteiger partial charge is 0.277 e. The fraction of sp³-hybridized carbons (Fsp3) is 0.238. The molecule has 0 atom stereocenters. The van der Waals surface area contributed by atoms with Crippen molar-refractivity contribution in [2.45, 2.75) is 32.1 Å². The Hall–Kier alpha value is -2.93. The van der Waals surface area contributed by atoms with Crippen LogP contribution in [-0.2, 0) is 16.4 Å². The van der Waals surface area contributed by atoms with Crippen LogP contribution in [0.4, 0.5) is 0 Å². The predicted octanol–water partition coefficient (Wildman–Crippen LogP) is 3.90. The van der Waals surface area contributed by atoms with Crippen molar-refractivity contribution in [2.75, 3.05) is 0 Å². The van der Waals surface area contributed by atoms with Crippen LogP contribution in [0.25, 0.3) is 11.3 Å². The summed E-state index contributed by atoms with van der Waals surface area (Å²) in [7, 11) is -3.72. The summed E-state index contributed by atoms with van der Waals surface area (Å²) in [5.74, 6) is 0.517. The van der Waals surface area contributed by atoms with Gasteiger partial charge in [0.05, 0.1) is 23.0 Å². The first-order valence-electron chi connectivity index (χ1n) is 9.09. The summed E-state index contributed by atoms with van der Waals surface area (Å²) in [6, 6.07) is 14.8. The second-order valence-corrected chi connectivity index (χ2v) is 8.82. The molecule has 6 nitrogen and oxygen atoms in total. The molecule has 0 unspecified atom stereocenters. The third-order valence-electron chi connectivity index (χ3n) is 4.26. The number of nitrogens with zero attached hydrogens (tertiary/aromatic N) is 2. The summed E-state index contributed by atoms with van der Waals surface area (Å²) >= 11 is 0. The molecule has 0 aliphatic carbocycles. The van der Waals surface area contributed by atoms with E-state index in [4.69, 9.17) is 0 Å². The van der Waals surface area contributed by atoms with Crippen molar-refractivity contribution in [1.29, 1.82) is 0 Å². The van der Waals surface area contributed by atoms with Gasteiger partial charge < -0.3 is 0 Å². The smallest absolute Gasteiger partial charge is 0.276 e. The van der Waals surface area contributed by atoms with Crippen molar-refractivity contribution in [3.05, 3.63) is 71.4 Å². The van der Waals surface area contributed by atoms with E-state index in [9.17, 15) is 8.42 Å². The van der Waals surface area contributed by atoms with Gasteiger partial charge in [0.2, 0.25) is 0 Å². The number of aromatic amines is 1. The zero-order valence-corrected chi connectivity index (χ0v) is 17.0. The Morgan fingerprint density at radius 1 is 1.11 bits per heavy atom. The zero-order valence-electron chi connectivity index (χ0n) is 16.2. The molecule has 3 aromatic rings. The molecule has 0 fully saturated rings. The second-order valence-electron chi connectivity index (χ2n) is 7.16. The molecule has 0 spiro atoms. The minimum atomic E-state index is -3.72. The number of aryl methyl sites for hydroxylation is 1. The maximum atomic E-state index is 12.4. The van der Waals surface area contributed by atoms with Gasteiger partial charge in [0.1, 0.15) is 0 Å². The van der Waals surface area contributed by atoms with Crippen LogP contribution in [0.5, 0.6) is 0 Å². The third-order valence-corrected chi connectivity index (χ3v) is 5.50. The number of hydrazone groups is 1. The number of hydrogen-bond donors (Lipinski definition) is 2. The number of sulfonamides is 1. The molecule has 0 bridgehead atoms. The quantitative estimate of drug-likeness (QED) is 0.469. The van der Waals surface area contributed by atoms with E-state index in [1.54, 1.807) is 18.3 Å². The van der Waals surface area contributed by atoms with Gasteiger partial charge in [-0.3, -0.25) is 5.10 Å². The number of hydrogen-bond acceptors (Lipinski definition) is 4. The lowest BCUT2D eigenvalue weighted by atomic mass is 10.0. The first-order chi connectivity index (χ1) is 13.3. The minimum absolute atomic E-state index is 0.183. The highest BCUT2D eigenvalue weighted by Crippen LogP contribution is 2.20. The molecule has 7 heteroatoms. The normalized spacial score (nSPS) is 12.0. The van der Waals surface area contributed by atoms with E-state index >= 15 is 0 Å². The maximum absolute atomic E-state index is 12.4. The van der Waals surface area contributed by atoms with Crippen molar-refractivity contribution in [3.8, 4) is 11.3 Å². The van der Waals surface area contributed by atoms with E-state index in [0.717, 1.165) is 28.8 Å². The molecule has 0 saturated heterocycles. The van der Waals surface area contributed by atoms with Crippen LogP contribution in [-0.4, -0.2) is 24.8 Å². The molecule has 2 aromatic carbocycles. The molecule has 28 heavy (non-hydrogen) atoms. The van der Waals surface area contributed by atoms with Gasteiger partial charge in [-0.05, 0) is 37.0 Å². The minimum Gasteiger partial charge on any atom is -0.277 e. The van der Waals surface area contributed by atoms with Gasteiger partial charge >= 0.3 is 0 Å². The van der Waals surface area contributed by atoms with Crippen LogP contribution in [0.3, 0.4) is 0 Å². The molecule has 3 rings (SSSR count). The number of aromatic nitrogens is 2. The van der Waals surface area contributed by atoms with Crippen molar-refractivity contribution < 1.29 is 8.42 Å². The Kier molecular flexibility index (Phi) is 5.94. The highest BCUT2D eigenvalue weighted by Gasteiger charge is 2.13. The van der Waals surface area contributed by atoms with E-state index in [0.29, 0.717) is 11.5 Å². The van der Waals surface area contributed by atoms with Gasteiger partial charge in [-0.15, -0.1) is 0 Å². The molecule has 2 N–H and O–H groups in total. The van der Waals surface area contributed by atoms with Crippen LogP contribution in [0.2, 0.25) is 0 Å². The standard InChI is InChI=1S/C21H24N4O2S/c1-15(2)12-17-6-10-20(11-7-17)28(26,27)25-23-14-19-13-22-24-21(19)18-8-4-16(3)5-9-18/h4-11,13-15,25H,12H2,1-3H3,(H,22,24)/b23-14-. The summed E-state index contributed by atoms with van der Waals surface area (Å²) in [6.07, 6.45) is 3.96. The molecule has 0 aliphatic heterocycles. The van der Waals surface area contributed by atoms with Crippen molar-refractivity contribution in [3.63, 3.8) is 0 Å². The van der Waals surface area contributed by atoms with Gasteiger partial charge in [-0.25, -0.2) is 4.83 Å². The molecular weight excluding hydrogens is 372 g/mol. The van der Waals surface area contributed by atoms with Crippen LogP contribution in [0.1, 0.15) is 30.5 Å². The fourth-order valence-electron chi connectivity index (χ4n) is 2.84. The lowest BCUT2D eigenvalue weighted by Gasteiger charge is -2.07. The van der Waals surface area contributed by atoms with E-state index in [2.05, 4.69) is 34.0 Å². The van der Waals surface area contributed by atoms with Crippen LogP contribution >= 0.6 is 0 Å². The second kappa shape index (κ2) is 8.39. The molecule has 0 aliphatic rings. The van der Waals surface area contributed by atoms with Crippen molar-refractivity contribution in [2.24, 2.45) is 11.0 Å². The molecule has 1 heterocycles. The Morgan fingerprint density at radius 3 is 2.43 bits per heavy atom. The highest BCUT2D eigenvalue weighted by atomic mass is 32.2. The summed E-state index contributed by atoms with van der Waals surface area (Å²) in [4.78, 5) is 2.45. The monoisotopic (exact) mass is 396 g/mol. The van der Waals surface area contributed by atoms with Gasteiger partial charge in [0, 0.05) is 11.1 Å². The topological polar surface area (TPSA) is 87.2 Å². The van der Waals surface area contributed by atoms with E-state index in [-0.39, 0.29) is 4.90 Å². The van der Waals surface area contributed by atoms with Gasteiger partial charge in [0.15, 0.2) is 0 Å². The average Bonchev–Trinajstić information content (AvgIpc) is 3.11. The molecular formula is C21H24N4O2S. The van der Waals surface area contributed by atoms with E-state index in [1.807, 2.05) is 43.3 Å². The van der Waals surface area contributed by atoms with Crippen molar-refractivity contribution >= 4 is 16.2 Å². The summed E-state index contributed by atoms with van der Waals surface area (Å²) in [5.41, 5.74) is 4.69. The highest BCUT2D eigenvalue weighted by molar-refractivity contribution is 7.89. The first-order valence-corrected chi connectivity index (χ1v) is 10.6. The van der Waals surface area contributed by atoms with Gasteiger partial charge in [-0.2, -0.15) is 18.6 Å². The maximum Gasteiger partial charge on any atom is 0.276 e. The SMILES string of the molecule is Cc1ccc(-c2[nH]ncc2/C=N\NS(=O)(=O)c2ccc(CC(C)C)cc2)cc1. The third kappa shape index (κ3) is 4.86. The Balaban J connectivity index is 1.72. The van der Waals surface area contributed by atoms with E-state index < -0.39 is 10.0 Å². The lowest BCUT2D eigenvalue weighted by molar-refractivity contribution is 0.584. The number of benzene rings is 2. The Labute approximate surface area is 165 Å². The van der Waals surface area contributed by atoms with E-state index in [1.165, 1.54) is 6.21 Å². The number of nitrogens with one attached hydrogen (secondary N) is 2. The molecule has 0 radical (unpaired) electrons. The van der Waals surface area contributed by atoms with Crippen LogP contribution in [0.15, 0.2) is 64.7 Å². The molecule has 146 valence electrons. The molecule has 0 amide bonds. The summed E-state index contributed by atoms with van der Waals surface area (Å²) < 4.78 is 24.9. The average molecular weight is 397 g/mol. The zero-order chi connectivity index (χ0) is 20.1. The lowest BCUT2D eigenvalue weighted by Crippen LogP contribution is -2.18. The fourth-order valence-corrected chi connectivity index (χ4v) is 3.63.